The first-order chi connectivity index (χ1) is 7.53. The summed E-state index contributed by atoms with van der Waals surface area (Å²) in [6.07, 6.45) is 3.93. The van der Waals surface area contributed by atoms with E-state index in [1.165, 1.54) is 10.8 Å². The van der Waals surface area contributed by atoms with Gasteiger partial charge in [-0.25, -0.2) is 13.4 Å². The average molecular weight is 246 g/mol. The summed E-state index contributed by atoms with van der Waals surface area (Å²) >= 11 is 0. The molecule has 1 N–H and O–H groups in total. The van der Waals surface area contributed by atoms with E-state index >= 15 is 0 Å². The highest BCUT2D eigenvalue weighted by Crippen LogP contribution is 2.13. The molecule has 0 amide bonds. The Hall–Kier alpha value is -0.880. The van der Waals surface area contributed by atoms with Gasteiger partial charge in [0.1, 0.15) is 0 Å². The quantitative estimate of drug-likeness (QED) is 0.756. The number of hydrogen-bond donors (Lipinski definition) is 1. The molecule has 92 valence electrons. The maximum absolute atomic E-state index is 11.9. The maximum atomic E-state index is 11.9. The van der Waals surface area contributed by atoms with Crippen molar-refractivity contribution < 1.29 is 13.5 Å². The smallest absolute Gasteiger partial charge is 0.227 e. The summed E-state index contributed by atoms with van der Waals surface area (Å²) in [4.78, 5) is 3.85. The van der Waals surface area contributed by atoms with Crippen molar-refractivity contribution in [1.82, 2.24) is 9.55 Å². The third-order valence-electron chi connectivity index (χ3n) is 2.50. The summed E-state index contributed by atoms with van der Waals surface area (Å²) in [5, 5.41) is 9.00. The fraction of sp³-hybridized carbons (Fsp3) is 0.700. The molecular weight excluding hydrogens is 228 g/mol. The molecule has 5 nitrogen and oxygen atoms in total. The minimum absolute atomic E-state index is 0.0488. The first-order valence-electron chi connectivity index (χ1n) is 5.37. The van der Waals surface area contributed by atoms with Crippen molar-refractivity contribution in [2.75, 3.05) is 5.75 Å². The van der Waals surface area contributed by atoms with E-state index in [9.17, 15) is 8.42 Å². The molecule has 0 fully saturated rings. The number of unbranched alkanes of at least 4 members (excludes halogenated alkanes) is 2. The lowest BCUT2D eigenvalue weighted by molar-refractivity contribution is 0.271. The van der Waals surface area contributed by atoms with Crippen molar-refractivity contribution in [3.05, 3.63) is 11.9 Å². The standard InChI is InChI=1S/C10H18N2O3S/c1-3-4-5-6-16(14,15)10-11-7-9(8-13)12(10)2/h7,13H,3-6,8H2,1-2H3. The third kappa shape index (κ3) is 2.82. The number of aliphatic hydroxyl groups excluding tert-OH is 1. The van der Waals surface area contributed by atoms with Gasteiger partial charge in [-0.2, -0.15) is 0 Å². The van der Waals surface area contributed by atoms with E-state index in [-0.39, 0.29) is 17.5 Å². The molecular formula is C10H18N2O3S. The number of aromatic nitrogens is 2. The second-order valence-electron chi connectivity index (χ2n) is 3.78. The highest BCUT2D eigenvalue weighted by atomic mass is 32.2. The Morgan fingerprint density at radius 1 is 1.44 bits per heavy atom. The Balaban J connectivity index is 2.86. The fourth-order valence-corrected chi connectivity index (χ4v) is 3.01. The molecule has 0 aromatic carbocycles. The highest BCUT2D eigenvalue weighted by molar-refractivity contribution is 7.91. The lowest BCUT2D eigenvalue weighted by atomic mass is 10.3. The predicted molar refractivity (Wildman–Crippen MR) is 60.7 cm³/mol. The lowest BCUT2D eigenvalue weighted by Gasteiger charge is -2.05. The van der Waals surface area contributed by atoms with E-state index < -0.39 is 9.84 Å². The molecule has 0 saturated carbocycles. The molecule has 1 heterocycles. The summed E-state index contributed by atoms with van der Waals surface area (Å²) in [6, 6.07) is 0. The zero-order chi connectivity index (χ0) is 12.2. The van der Waals surface area contributed by atoms with Crippen LogP contribution in [0.15, 0.2) is 11.4 Å². The molecule has 0 aliphatic heterocycles. The topological polar surface area (TPSA) is 72.2 Å². The van der Waals surface area contributed by atoms with E-state index in [4.69, 9.17) is 5.11 Å². The molecule has 0 bridgehead atoms. The molecule has 1 aromatic rings. The van der Waals surface area contributed by atoms with Gasteiger partial charge in [0.2, 0.25) is 15.0 Å². The second kappa shape index (κ2) is 5.45. The van der Waals surface area contributed by atoms with Gasteiger partial charge in [0.25, 0.3) is 0 Å². The van der Waals surface area contributed by atoms with E-state index in [0.717, 1.165) is 12.8 Å². The number of rotatable bonds is 6. The van der Waals surface area contributed by atoms with Crippen molar-refractivity contribution >= 4 is 9.84 Å². The largest absolute Gasteiger partial charge is 0.390 e. The van der Waals surface area contributed by atoms with Crippen molar-refractivity contribution in [1.29, 1.82) is 0 Å². The number of sulfone groups is 1. The van der Waals surface area contributed by atoms with Gasteiger partial charge in [-0.3, -0.25) is 0 Å². The first-order valence-corrected chi connectivity index (χ1v) is 7.02. The van der Waals surface area contributed by atoms with Crippen LogP contribution in [0.2, 0.25) is 0 Å². The van der Waals surface area contributed by atoms with Crippen LogP contribution >= 0.6 is 0 Å². The van der Waals surface area contributed by atoms with E-state index in [1.54, 1.807) is 7.05 Å². The Morgan fingerprint density at radius 2 is 2.12 bits per heavy atom. The zero-order valence-corrected chi connectivity index (χ0v) is 10.5. The van der Waals surface area contributed by atoms with Crippen LogP contribution in [0.5, 0.6) is 0 Å². The molecule has 0 aliphatic carbocycles. The molecule has 0 aliphatic rings. The molecule has 0 radical (unpaired) electrons. The minimum Gasteiger partial charge on any atom is -0.390 e. The van der Waals surface area contributed by atoms with Crippen LogP contribution in [0.3, 0.4) is 0 Å². The van der Waals surface area contributed by atoms with Gasteiger partial charge in [-0.15, -0.1) is 0 Å². The van der Waals surface area contributed by atoms with Crippen molar-refractivity contribution in [2.24, 2.45) is 7.05 Å². The van der Waals surface area contributed by atoms with Crippen molar-refractivity contribution in [3.8, 4) is 0 Å². The maximum Gasteiger partial charge on any atom is 0.227 e. The summed E-state index contributed by atoms with van der Waals surface area (Å²) in [5.74, 6) is 0.122. The van der Waals surface area contributed by atoms with Gasteiger partial charge in [-0.1, -0.05) is 19.8 Å². The molecule has 16 heavy (non-hydrogen) atoms. The Kier molecular flexibility index (Phi) is 4.49. The average Bonchev–Trinajstić information content (AvgIpc) is 2.60. The van der Waals surface area contributed by atoms with Gasteiger partial charge in [0.15, 0.2) is 0 Å². The van der Waals surface area contributed by atoms with Crippen LogP contribution in [-0.4, -0.2) is 28.8 Å². The Labute approximate surface area is 96.0 Å². The monoisotopic (exact) mass is 246 g/mol. The van der Waals surface area contributed by atoms with Crippen LogP contribution in [-0.2, 0) is 23.5 Å². The zero-order valence-electron chi connectivity index (χ0n) is 9.68. The SMILES string of the molecule is CCCCCS(=O)(=O)c1ncc(CO)n1C. The molecule has 0 atom stereocenters. The molecule has 1 rings (SSSR count). The van der Waals surface area contributed by atoms with Gasteiger partial charge in [-0.05, 0) is 6.42 Å². The lowest BCUT2D eigenvalue weighted by Crippen LogP contribution is -2.13. The summed E-state index contributed by atoms with van der Waals surface area (Å²) in [5.41, 5.74) is 0.508. The van der Waals surface area contributed by atoms with Crippen LogP contribution < -0.4 is 0 Å². The number of imidazole rings is 1. The summed E-state index contributed by atoms with van der Waals surface area (Å²) < 4.78 is 25.2. The fourth-order valence-electron chi connectivity index (χ4n) is 1.49. The molecule has 0 saturated heterocycles. The first kappa shape index (κ1) is 13.2. The molecule has 0 spiro atoms. The van der Waals surface area contributed by atoms with Crippen LogP contribution in [0.25, 0.3) is 0 Å². The third-order valence-corrected chi connectivity index (χ3v) is 4.26. The number of hydrogen-bond acceptors (Lipinski definition) is 4. The molecule has 1 aromatic heterocycles. The summed E-state index contributed by atoms with van der Waals surface area (Å²) in [6.45, 7) is 1.82. The highest BCUT2D eigenvalue weighted by Gasteiger charge is 2.20. The predicted octanol–water partition coefficient (Wildman–Crippen LogP) is 0.876. The van der Waals surface area contributed by atoms with E-state index in [1.807, 2.05) is 6.92 Å². The molecule has 0 unspecified atom stereocenters. The van der Waals surface area contributed by atoms with Gasteiger partial charge in [0, 0.05) is 7.05 Å². The Bertz CT molecular complexity index is 437. The van der Waals surface area contributed by atoms with Crippen LogP contribution in [0.1, 0.15) is 31.9 Å². The molecule has 6 heteroatoms. The van der Waals surface area contributed by atoms with Crippen molar-refractivity contribution in [3.63, 3.8) is 0 Å². The minimum atomic E-state index is -3.31. The normalized spacial score (nSPS) is 11.9. The Morgan fingerprint density at radius 3 is 2.62 bits per heavy atom. The van der Waals surface area contributed by atoms with Gasteiger partial charge in [0.05, 0.1) is 24.3 Å². The number of nitrogens with zero attached hydrogens (tertiary/aromatic N) is 2. The van der Waals surface area contributed by atoms with Gasteiger partial charge >= 0.3 is 0 Å². The van der Waals surface area contributed by atoms with E-state index in [0.29, 0.717) is 12.1 Å². The summed E-state index contributed by atoms with van der Waals surface area (Å²) in [7, 11) is -1.71. The van der Waals surface area contributed by atoms with Gasteiger partial charge < -0.3 is 9.67 Å². The van der Waals surface area contributed by atoms with Crippen molar-refractivity contribution in [2.45, 2.75) is 37.9 Å². The van der Waals surface area contributed by atoms with Crippen LogP contribution in [0, 0.1) is 0 Å². The number of aliphatic hydroxyl groups is 1. The van der Waals surface area contributed by atoms with E-state index in [2.05, 4.69) is 4.98 Å². The van der Waals surface area contributed by atoms with Crippen LogP contribution in [0.4, 0.5) is 0 Å². The second-order valence-corrected chi connectivity index (χ2v) is 5.78.